The third-order valence-corrected chi connectivity index (χ3v) is 6.76. The summed E-state index contributed by atoms with van der Waals surface area (Å²) in [5, 5.41) is 14.3. The van der Waals surface area contributed by atoms with Crippen LogP contribution >= 0.6 is 0 Å². The minimum atomic E-state index is -4.63. The molecule has 41 heavy (non-hydrogen) atoms. The Morgan fingerprint density at radius 3 is 2.46 bits per heavy atom. The van der Waals surface area contributed by atoms with Gasteiger partial charge in [0.15, 0.2) is 0 Å². The van der Waals surface area contributed by atoms with Gasteiger partial charge < -0.3 is 21.3 Å². The fourth-order valence-electron chi connectivity index (χ4n) is 4.84. The minimum absolute atomic E-state index is 0.176. The van der Waals surface area contributed by atoms with Gasteiger partial charge in [-0.25, -0.2) is 4.39 Å². The Morgan fingerprint density at radius 2 is 1.80 bits per heavy atom. The van der Waals surface area contributed by atoms with Crippen LogP contribution in [-0.4, -0.2) is 36.5 Å². The second kappa shape index (κ2) is 12.1. The minimum Gasteiger partial charge on any atom is -0.369 e. The van der Waals surface area contributed by atoms with Crippen LogP contribution in [0, 0.1) is 23.1 Å². The fraction of sp³-hybridized carbons (Fsp3) is 0.241. The molecule has 4 rings (SSSR count). The molecule has 12 heteroatoms. The molecule has 1 heterocycles. The monoisotopic (exact) mass is 567 g/mol. The van der Waals surface area contributed by atoms with Crippen molar-refractivity contribution in [1.82, 2.24) is 5.32 Å². The molecule has 0 aromatic heterocycles. The topological polar surface area (TPSA) is 128 Å². The first-order chi connectivity index (χ1) is 19.5. The van der Waals surface area contributed by atoms with Crippen molar-refractivity contribution < 1.29 is 31.9 Å². The van der Waals surface area contributed by atoms with Gasteiger partial charge in [0.05, 0.1) is 35.7 Å². The van der Waals surface area contributed by atoms with E-state index in [-0.39, 0.29) is 29.0 Å². The number of para-hydroxylation sites is 1. The van der Waals surface area contributed by atoms with E-state index < -0.39 is 60.4 Å². The highest BCUT2D eigenvalue weighted by atomic mass is 19.4. The number of carbonyl (C=O) groups is 3. The Morgan fingerprint density at radius 1 is 1.10 bits per heavy atom. The maximum atomic E-state index is 14.8. The van der Waals surface area contributed by atoms with Crippen LogP contribution in [0.5, 0.6) is 0 Å². The van der Waals surface area contributed by atoms with Crippen molar-refractivity contribution in [2.24, 2.45) is 11.7 Å². The lowest BCUT2D eigenvalue weighted by atomic mass is 9.81. The molecule has 1 aliphatic heterocycles. The van der Waals surface area contributed by atoms with Gasteiger partial charge in [0.2, 0.25) is 17.7 Å². The van der Waals surface area contributed by atoms with Crippen LogP contribution in [-0.2, 0) is 14.4 Å². The Balaban J connectivity index is 1.71. The predicted molar refractivity (Wildman–Crippen MR) is 142 cm³/mol. The molecular weight excluding hydrogens is 542 g/mol. The molecule has 0 saturated heterocycles. The van der Waals surface area contributed by atoms with E-state index in [4.69, 9.17) is 5.73 Å². The normalized spacial score (nSPS) is 16.4. The highest BCUT2D eigenvalue weighted by Crippen LogP contribution is 2.37. The summed E-state index contributed by atoms with van der Waals surface area (Å²) in [6.45, 7) is -0.262. The summed E-state index contributed by atoms with van der Waals surface area (Å²) >= 11 is 0. The van der Waals surface area contributed by atoms with Crippen LogP contribution in [0.1, 0.15) is 29.9 Å². The molecule has 3 aromatic carbocycles. The van der Waals surface area contributed by atoms with Crippen LogP contribution in [0.2, 0.25) is 0 Å². The molecule has 3 amide bonds. The molecule has 1 aliphatic rings. The molecule has 0 radical (unpaired) electrons. The van der Waals surface area contributed by atoms with E-state index in [9.17, 15) is 37.2 Å². The van der Waals surface area contributed by atoms with Gasteiger partial charge in [-0.05, 0) is 42.3 Å². The summed E-state index contributed by atoms with van der Waals surface area (Å²) in [7, 11) is 0. The number of fused-ring (bicyclic) bond motifs is 1. The van der Waals surface area contributed by atoms with E-state index in [1.165, 1.54) is 35.2 Å². The first-order valence-corrected chi connectivity index (χ1v) is 12.6. The molecular formula is C29H25F4N5O3. The van der Waals surface area contributed by atoms with Crippen molar-refractivity contribution in [3.05, 3.63) is 89.7 Å². The molecule has 0 spiro atoms. The summed E-state index contributed by atoms with van der Waals surface area (Å²) in [5.41, 5.74) is 6.57. The summed E-state index contributed by atoms with van der Waals surface area (Å²) < 4.78 is 54.5. The van der Waals surface area contributed by atoms with Gasteiger partial charge in [-0.15, -0.1) is 0 Å². The summed E-state index contributed by atoms with van der Waals surface area (Å²) in [6.07, 6.45) is -6.77. The average molecular weight is 568 g/mol. The van der Waals surface area contributed by atoms with Crippen molar-refractivity contribution >= 4 is 34.8 Å². The van der Waals surface area contributed by atoms with Crippen molar-refractivity contribution in [2.45, 2.75) is 31.0 Å². The lowest BCUT2D eigenvalue weighted by Crippen LogP contribution is -2.51. The first kappa shape index (κ1) is 29.1. The van der Waals surface area contributed by atoms with Gasteiger partial charge >= 0.3 is 6.18 Å². The van der Waals surface area contributed by atoms with Gasteiger partial charge in [0.1, 0.15) is 17.5 Å². The Hall–Kier alpha value is -4.92. The van der Waals surface area contributed by atoms with Crippen molar-refractivity contribution in [3.8, 4) is 6.07 Å². The van der Waals surface area contributed by atoms with Crippen molar-refractivity contribution in [2.75, 3.05) is 16.8 Å². The smallest absolute Gasteiger partial charge is 0.369 e. The second-order valence-electron chi connectivity index (χ2n) is 9.51. The van der Waals surface area contributed by atoms with E-state index in [0.717, 1.165) is 6.07 Å². The number of alkyl halides is 3. The predicted octanol–water partition coefficient (Wildman–Crippen LogP) is 4.50. The number of carbonyl (C=O) groups excluding carboxylic acids is 3. The lowest BCUT2D eigenvalue weighted by Gasteiger charge is -2.29. The lowest BCUT2D eigenvalue weighted by molar-refractivity contribution is -0.144. The zero-order valence-corrected chi connectivity index (χ0v) is 21.5. The number of hydrogen-bond acceptors (Lipinski definition) is 5. The van der Waals surface area contributed by atoms with E-state index in [1.54, 1.807) is 36.4 Å². The van der Waals surface area contributed by atoms with Gasteiger partial charge in [-0.3, -0.25) is 14.4 Å². The van der Waals surface area contributed by atoms with E-state index in [0.29, 0.717) is 5.69 Å². The number of halogens is 4. The van der Waals surface area contributed by atoms with E-state index in [2.05, 4.69) is 10.6 Å². The molecule has 3 aromatic rings. The number of amides is 3. The van der Waals surface area contributed by atoms with Crippen LogP contribution < -0.4 is 21.3 Å². The molecule has 0 fully saturated rings. The standard InChI is InChI=1S/C29H25F4N5O3/c30-21-10-5-11-23-25(21)37-28(41)22(16-38(23)19-9-4-6-17(14-19)15-34)36-27(40)20(12-13-29(31,32)33)24(26(35)39)18-7-2-1-3-8-18/h1-11,14,20,22,24H,12-13,16H2,(H2,35,39)(H,36,40)(H,37,41)/t20-,22+,24+/m1/s1. The number of rotatable bonds is 8. The number of nitrogens with zero attached hydrogens (tertiary/aromatic N) is 2. The highest BCUT2D eigenvalue weighted by Gasteiger charge is 2.40. The Labute approximate surface area is 232 Å². The first-order valence-electron chi connectivity index (χ1n) is 12.6. The third kappa shape index (κ3) is 6.81. The molecule has 4 N–H and O–H groups in total. The zero-order valence-electron chi connectivity index (χ0n) is 21.5. The van der Waals surface area contributed by atoms with Crippen LogP contribution in [0.4, 0.5) is 34.6 Å². The molecule has 0 aliphatic carbocycles. The Kier molecular flexibility index (Phi) is 8.56. The van der Waals surface area contributed by atoms with Gasteiger partial charge in [0, 0.05) is 12.1 Å². The largest absolute Gasteiger partial charge is 0.389 e. The number of anilines is 3. The average Bonchev–Trinajstić information content (AvgIpc) is 3.07. The quantitative estimate of drug-likeness (QED) is 0.346. The maximum Gasteiger partial charge on any atom is 0.389 e. The maximum absolute atomic E-state index is 14.8. The fourth-order valence-corrected chi connectivity index (χ4v) is 4.84. The van der Waals surface area contributed by atoms with Crippen LogP contribution in [0.3, 0.4) is 0 Å². The summed E-state index contributed by atoms with van der Waals surface area (Å²) in [4.78, 5) is 40.8. The number of primary amides is 1. The van der Waals surface area contributed by atoms with E-state index in [1.807, 2.05) is 6.07 Å². The molecule has 0 bridgehead atoms. The molecule has 0 unspecified atom stereocenters. The molecule has 212 valence electrons. The van der Waals surface area contributed by atoms with E-state index >= 15 is 0 Å². The number of nitriles is 1. The number of nitrogens with one attached hydrogen (secondary N) is 2. The van der Waals surface area contributed by atoms with Crippen LogP contribution in [0.15, 0.2) is 72.8 Å². The number of hydrogen-bond donors (Lipinski definition) is 3. The number of benzene rings is 3. The van der Waals surface area contributed by atoms with Gasteiger partial charge in [-0.2, -0.15) is 18.4 Å². The summed E-state index contributed by atoms with van der Waals surface area (Å²) in [6, 6.07) is 18.7. The Bertz CT molecular complexity index is 1490. The van der Waals surface area contributed by atoms with Gasteiger partial charge in [-0.1, -0.05) is 42.5 Å². The molecule has 3 atom stereocenters. The van der Waals surface area contributed by atoms with Gasteiger partial charge in [0.25, 0.3) is 0 Å². The van der Waals surface area contributed by atoms with Crippen molar-refractivity contribution in [1.29, 1.82) is 5.26 Å². The highest BCUT2D eigenvalue weighted by molar-refractivity contribution is 6.03. The second-order valence-corrected chi connectivity index (χ2v) is 9.51. The zero-order chi connectivity index (χ0) is 29.7. The molecule has 0 saturated carbocycles. The number of nitrogens with two attached hydrogens (primary N) is 1. The third-order valence-electron chi connectivity index (χ3n) is 6.76. The summed E-state index contributed by atoms with van der Waals surface area (Å²) in [5.74, 6) is -6.57. The SMILES string of the molecule is N#Cc1cccc(N2C[C@H](NC(=O)[C@H](CCC(F)(F)F)[C@@H](C(N)=O)c3ccccc3)C(=O)Nc3c(F)cccc32)c1. The van der Waals surface area contributed by atoms with Crippen LogP contribution in [0.25, 0.3) is 0 Å². The molecule has 8 nitrogen and oxygen atoms in total. The van der Waals surface area contributed by atoms with Crippen molar-refractivity contribution in [3.63, 3.8) is 0 Å².